The Bertz CT molecular complexity index is 555. The molecule has 82 valence electrons. The molecular formula is C12H12N2O2. The Morgan fingerprint density at radius 3 is 3.00 bits per heavy atom. The SMILES string of the molecule is CNC(=O)C1(c2ccc3ocnc3c2)CC1. The number of hydrogen-bond acceptors (Lipinski definition) is 3. The predicted octanol–water partition coefficient (Wildman–Crippen LogP) is 1.61. The second-order valence-electron chi connectivity index (χ2n) is 4.20. The van der Waals surface area contributed by atoms with Crippen molar-refractivity contribution >= 4 is 17.0 Å². The van der Waals surface area contributed by atoms with Gasteiger partial charge in [-0.1, -0.05) is 6.07 Å². The Balaban J connectivity index is 2.09. The summed E-state index contributed by atoms with van der Waals surface area (Å²) in [6.45, 7) is 0. The van der Waals surface area contributed by atoms with Crippen LogP contribution in [0.1, 0.15) is 18.4 Å². The fraction of sp³-hybridized carbons (Fsp3) is 0.333. The van der Waals surface area contributed by atoms with Crippen LogP contribution in [0, 0.1) is 0 Å². The minimum Gasteiger partial charge on any atom is -0.443 e. The second-order valence-corrected chi connectivity index (χ2v) is 4.20. The molecule has 1 fully saturated rings. The van der Waals surface area contributed by atoms with E-state index < -0.39 is 0 Å². The molecule has 1 aliphatic carbocycles. The van der Waals surface area contributed by atoms with E-state index in [4.69, 9.17) is 4.42 Å². The largest absolute Gasteiger partial charge is 0.443 e. The Morgan fingerprint density at radius 2 is 2.31 bits per heavy atom. The Hall–Kier alpha value is -1.84. The van der Waals surface area contributed by atoms with Gasteiger partial charge in [0.15, 0.2) is 12.0 Å². The van der Waals surface area contributed by atoms with Crippen LogP contribution >= 0.6 is 0 Å². The molecule has 3 rings (SSSR count). The van der Waals surface area contributed by atoms with Gasteiger partial charge in [-0.2, -0.15) is 0 Å². The van der Waals surface area contributed by atoms with E-state index in [1.807, 2.05) is 18.2 Å². The summed E-state index contributed by atoms with van der Waals surface area (Å²) >= 11 is 0. The van der Waals surface area contributed by atoms with Crippen molar-refractivity contribution in [1.29, 1.82) is 0 Å². The van der Waals surface area contributed by atoms with Crippen molar-refractivity contribution in [1.82, 2.24) is 10.3 Å². The predicted molar refractivity (Wildman–Crippen MR) is 59.0 cm³/mol. The van der Waals surface area contributed by atoms with E-state index in [9.17, 15) is 4.79 Å². The van der Waals surface area contributed by atoms with Gasteiger partial charge in [0.2, 0.25) is 5.91 Å². The molecule has 1 aliphatic rings. The Kier molecular flexibility index (Phi) is 1.80. The quantitative estimate of drug-likeness (QED) is 0.829. The normalized spacial score (nSPS) is 17.3. The molecule has 16 heavy (non-hydrogen) atoms. The molecule has 4 heteroatoms. The molecule has 0 aliphatic heterocycles. The summed E-state index contributed by atoms with van der Waals surface area (Å²) in [7, 11) is 1.68. The number of oxazole rings is 1. The first kappa shape index (κ1) is 9.39. The van der Waals surface area contributed by atoms with Crippen LogP contribution in [0.4, 0.5) is 0 Å². The van der Waals surface area contributed by atoms with Crippen LogP contribution in [-0.4, -0.2) is 17.9 Å². The number of amides is 1. The summed E-state index contributed by atoms with van der Waals surface area (Å²) in [6.07, 6.45) is 3.25. The number of likely N-dealkylation sites (N-methyl/N-ethyl adjacent to an activating group) is 1. The van der Waals surface area contributed by atoms with E-state index in [0.717, 1.165) is 29.5 Å². The van der Waals surface area contributed by atoms with Crippen LogP contribution in [0.3, 0.4) is 0 Å². The minimum atomic E-state index is -0.318. The van der Waals surface area contributed by atoms with Gasteiger partial charge in [-0.15, -0.1) is 0 Å². The number of nitrogens with one attached hydrogen (secondary N) is 1. The molecule has 1 aromatic carbocycles. The van der Waals surface area contributed by atoms with Crippen molar-refractivity contribution in [3.63, 3.8) is 0 Å². The first-order chi connectivity index (χ1) is 7.76. The zero-order valence-corrected chi connectivity index (χ0v) is 8.99. The van der Waals surface area contributed by atoms with E-state index in [-0.39, 0.29) is 11.3 Å². The molecule has 2 aromatic rings. The van der Waals surface area contributed by atoms with Gasteiger partial charge in [0.05, 0.1) is 5.41 Å². The molecule has 1 aromatic heterocycles. The lowest BCUT2D eigenvalue weighted by Gasteiger charge is -2.13. The molecular weight excluding hydrogens is 204 g/mol. The molecule has 4 nitrogen and oxygen atoms in total. The molecule has 1 saturated carbocycles. The third-order valence-corrected chi connectivity index (χ3v) is 3.29. The summed E-state index contributed by atoms with van der Waals surface area (Å²) < 4.78 is 5.18. The van der Waals surface area contributed by atoms with Gasteiger partial charge in [-0.3, -0.25) is 4.79 Å². The molecule has 0 bridgehead atoms. The maximum Gasteiger partial charge on any atom is 0.230 e. The summed E-state index contributed by atoms with van der Waals surface area (Å²) in [5.74, 6) is 0.0929. The van der Waals surface area contributed by atoms with Crippen LogP contribution in [0.2, 0.25) is 0 Å². The Morgan fingerprint density at radius 1 is 1.50 bits per heavy atom. The highest BCUT2D eigenvalue weighted by Crippen LogP contribution is 2.48. The van der Waals surface area contributed by atoms with E-state index in [0.29, 0.717) is 0 Å². The van der Waals surface area contributed by atoms with Crippen LogP contribution in [-0.2, 0) is 10.2 Å². The summed E-state index contributed by atoms with van der Waals surface area (Å²) in [5.41, 5.74) is 2.29. The van der Waals surface area contributed by atoms with Crippen molar-refractivity contribution in [2.75, 3.05) is 7.05 Å². The second kappa shape index (κ2) is 3.07. The number of hydrogen-bond donors (Lipinski definition) is 1. The Labute approximate surface area is 92.7 Å². The van der Waals surface area contributed by atoms with Gasteiger partial charge in [0, 0.05) is 7.05 Å². The summed E-state index contributed by atoms with van der Waals surface area (Å²) in [6, 6.07) is 5.78. The number of carbonyl (C=O) groups excluding carboxylic acids is 1. The molecule has 0 radical (unpaired) electrons. The van der Waals surface area contributed by atoms with Gasteiger partial charge < -0.3 is 9.73 Å². The maximum absolute atomic E-state index is 11.8. The van der Waals surface area contributed by atoms with Gasteiger partial charge in [0.25, 0.3) is 0 Å². The highest BCUT2D eigenvalue weighted by atomic mass is 16.3. The molecule has 0 spiro atoms. The van der Waals surface area contributed by atoms with Gasteiger partial charge in [-0.25, -0.2) is 4.98 Å². The highest BCUT2D eigenvalue weighted by Gasteiger charge is 2.50. The van der Waals surface area contributed by atoms with Gasteiger partial charge >= 0.3 is 0 Å². The van der Waals surface area contributed by atoms with E-state index in [1.54, 1.807) is 7.05 Å². The summed E-state index contributed by atoms with van der Waals surface area (Å²) in [5, 5.41) is 2.73. The number of aromatic nitrogens is 1. The van der Waals surface area contributed by atoms with Crippen molar-refractivity contribution in [2.24, 2.45) is 0 Å². The number of nitrogens with zero attached hydrogens (tertiary/aromatic N) is 1. The average Bonchev–Trinajstić information content (AvgIpc) is 3.00. The standard InChI is InChI=1S/C12H12N2O2/c1-13-11(15)12(4-5-12)8-2-3-10-9(6-8)14-7-16-10/h2-3,6-7H,4-5H2,1H3,(H,13,15). The van der Waals surface area contributed by atoms with Crippen LogP contribution in [0.15, 0.2) is 29.0 Å². The fourth-order valence-electron chi connectivity index (χ4n) is 2.17. The van der Waals surface area contributed by atoms with Crippen LogP contribution in [0.5, 0.6) is 0 Å². The molecule has 1 heterocycles. The first-order valence-corrected chi connectivity index (χ1v) is 5.32. The molecule has 0 atom stereocenters. The van der Waals surface area contributed by atoms with Gasteiger partial charge in [0.1, 0.15) is 5.52 Å². The van der Waals surface area contributed by atoms with Crippen molar-refractivity contribution in [2.45, 2.75) is 18.3 Å². The van der Waals surface area contributed by atoms with E-state index >= 15 is 0 Å². The first-order valence-electron chi connectivity index (χ1n) is 5.32. The highest BCUT2D eigenvalue weighted by molar-refractivity contribution is 5.92. The summed E-state index contributed by atoms with van der Waals surface area (Å²) in [4.78, 5) is 15.9. The smallest absolute Gasteiger partial charge is 0.230 e. The number of fused-ring (bicyclic) bond motifs is 1. The number of benzene rings is 1. The van der Waals surface area contributed by atoms with E-state index in [1.165, 1.54) is 6.39 Å². The molecule has 0 unspecified atom stereocenters. The van der Waals surface area contributed by atoms with Crippen molar-refractivity contribution in [3.05, 3.63) is 30.2 Å². The minimum absolute atomic E-state index is 0.0929. The van der Waals surface area contributed by atoms with Gasteiger partial charge in [-0.05, 0) is 30.5 Å². The van der Waals surface area contributed by atoms with Crippen LogP contribution < -0.4 is 5.32 Å². The average molecular weight is 216 g/mol. The zero-order valence-electron chi connectivity index (χ0n) is 8.99. The topological polar surface area (TPSA) is 55.1 Å². The fourth-order valence-corrected chi connectivity index (χ4v) is 2.17. The third-order valence-electron chi connectivity index (χ3n) is 3.29. The lowest BCUT2D eigenvalue weighted by Crippen LogP contribution is -2.31. The van der Waals surface area contributed by atoms with Crippen molar-refractivity contribution in [3.8, 4) is 0 Å². The van der Waals surface area contributed by atoms with Crippen molar-refractivity contribution < 1.29 is 9.21 Å². The molecule has 1 amide bonds. The monoisotopic (exact) mass is 216 g/mol. The number of carbonyl (C=O) groups is 1. The molecule has 0 saturated heterocycles. The maximum atomic E-state index is 11.8. The third kappa shape index (κ3) is 1.16. The lowest BCUT2D eigenvalue weighted by molar-refractivity contribution is -0.123. The van der Waals surface area contributed by atoms with E-state index in [2.05, 4.69) is 10.3 Å². The lowest BCUT2D eigenvalue weighted by atomic mass is 9.95. The zero-order chi connectivity index (χ0) is 11.2. The molecule has 1 N–H and O–H groups in total. The van der Waals surface area contributed by atoms with Crippen LogP contribution in [0.25, 0.3) is 11.1 Å². The number of rotatable bonds is 2.